The lowest BCUT2D eigenvalue weighted by Crippen LogP contribution is -2.40. The van der Waals surface area contributed by atoms with Crippen LogP contribution in [0.3, 0.4) is 0 Å². The second kappa shape index (κ2) is 6.63. The van der Waals surface area contributed by atoms with Crippen LogP contribution in [0.5, 0.6) is 11.5 Å². The van der Waals surface area contributed by atoms with E-state index < -0.39 is 17.9 Å². The summed E-state index contributed by atoms with van der Waals surface area (Å²) in [6, 6.07) is 3.79. The van der Waals surface area contributed by atoms with Crippen molar-refractivity contribution < 1.29 is 24.2 Å². The summed E-state index contributed by atoms with van der Waals surface area (Å²) in [5.41, 5.74) is 0.267. The van der Waals surface area contributed by atoms with Crippen molar-refractivity contribution in [2.45, 2.75) is 19.4 Å². The fourth-order valence-corrected chi connectivity index (χ4v) is 1.56. The lowest BCUT2D eigenvalue weighted by atomic mass is 10.1. The largest absolute Gasteiger partial charge is 0.497 e. The normalized spacial score (nSPS) is 11.5. The van der Waals surface area contributed by atoms with Crippen LogP contribution in [0.15, 0.2) is 18.2 Å². The predicted molar refractivity (Wildman–Crippen MR) is 68.7 cm³/mol. The SMILES string of the molecule is CC[C@H](NC(=O)c1ccc(OC)cc1OC)C(=O)O. The van der Waals surface area contributed by atoms with Gasteiger partial charge in [0.15, 0.2) is 0 Å². The predicted octanol–water partition coefficient (Wildman–Crippen LogP) is 1.30. The van der Waals surface area contributed by atoms with E-state index in [0.717, 1.165) is 0 Å². The molecule has 0 aliphatic rings. The molecule has 0 aliphatic heterocycles. The summed E-state index contributed by atoms with van der Waals surface area (Å²) in [6.07, 6.45) is 0.305. The van der Waals surface area contributed by atoms with Crippen LogP contribution in [-0.4, -0.2) is 37.2 Å². The third-order valence-electron chi connectivity index (χ3n) is 2.66. The van der Waals surface area contributed by atoms with Gasteiger partial charge in [-0.3, -0.25) is 4.79 Å². The van der Waals surface area contributed by atoms with Crippen LogP contribution in [0, 0.1) is 0 Å². The van der Waals surface area contributed by atoms with Crippen LogP contribution in [0.1, 0.15) is 23.7 Å². The number of benzene rings is 1. The van der Waals surface area contributed by atoms with Crippen molar-refractivity contribution in [3.05, 3.63) is 23.8 Å². The van der Waals surface area contributed by atoms with Crippen LogP contribution >= 0.6 is 0 Å². The Morgan fingerprint density at radius 2 is 2.00 bits per heavy atom. The Labute approximate surface area is 111 Å². The fraction of sp³-hybridized carbons (Fsp3) is 0.385. The molecule has 19 heavy (non-hydrogen) atoms. The van der Waals surface area contributed by atoms with E-state index in [2.05, 4.69) is 5.32 Å². The number of nitrogens with one attached hydrogen (secondary N) is 1. The molecule has 0 saturated heterocycles. The topological polar surface area (TPSA) is 84.9 Å². The molecule has 0 saturated carbocycles. The van der Waals surface area contributed by atoms with Gasteiger partial charge < -0.3 is 19.9 Å². The molecule has 0 fully saturated rings. The molecule has 0 spiro atoms. The molecule has 0 unspecified atom stereocenters. The molecule has 6 nitrogen and oxygen atoms in total. The highest BCUT2D eigenvalue weighted by molar-refractivity contribution is 5.99. The summed E-state index contributed by atoms with van der Waals surface area (Å²) in [4.78, 5) is 22.9. The Hall–Kier alpha value is -2.24. The van der Waals surface area contributed by atoms with Crippen LogP contribution in [-0.2, 0) is 4.79 Å². The number of methoxy groups -OCH3 is 2. The van der Waals surface area contributed by atoms with E-state index >= 15 is 0 Å². The van der Waals surface area contributed by atoms with Crippen molar-refractivity contribution >= 4 is 11.9 Å². The Morgan fingerprint density at radius 1 is 1.32 bits per heavy atom. The molecule has 0 aliphatic carbocycles. The number of hydrogen-bond acceptors (Lipinski definition) is 4. The molecule has 0 heterocycles. The first-order valence-electron chi connectivity index (χ1n) is 5.79. The molecular formula is C13H17NO5. The van der Waals surface area contributed by atoms with Crippen LogP contribution < -0.4 is 14.8 Å². The number of carbonyl (C=O) groups excluding carboxylic acids is 1. The average Bonchev–Trinajstić information content (AvgIpc) is 2.43. The van der Waals surface area contributed by atoms with Crippen molar-refractivity contribution in [3.8, 4) is 11.5 Å². The second-order valence-electron chi connectivity index (χ2n) is 3.84. The number of amides is 1. The minimum atomic E-state index is -1.07. The summed E-state index contributed by atoms with van der Waals surface area (Å²) in [5.74, 6) is -0.673. The molecule has 2 N–H and O–H groups in total. The van der Waals surface area contributed by atoms with E-state index in [9.17, 15) is 9.59 Å². The number of carboxylic acids is 1. The highest BCUT2D eigenvalue weighted by atomic mass is 16.5. The molecule has 0 aromatic heterocycles. The summed E-state index contributed by atoms with van der Waals surface area (Å²) < 4.78 is 10.1. The molecule has 1 amide bonds. The van der Waals surface area contributed by atoms with Gasteiger partial charge >= 0.3 is 5.97 Å². The van der Waals surface area contributed by atoms with Gasteiger partial charge in [0.2, 0.25) is 0 Å². The molecule has 0 radical (unpaired) electrons. The standard InChI is InChI=1S/C13H17NO5/c1-4-10(13(16)17)14-12(15)9-6-5-8(18-2)7-11(9)19-3/h5-7,10H,4H2,1-3H3,(H,14,15)(H,16,17)/t10-/m0/s1. The molecule has 1 aromatic rings. The maximum Gasteiger partial charge on any atom is 0.326 e. The smallest absolute Gasteiger partial charge is 0.326 e. The highest BCUT2D eigenvalue weighted by Crippen LogP contribution is 2.24. The molecular weight excluding hydrogens is 250 g/mol. The number of rotatable bonds is 6. The van der Waals surface area contributed by atoms with E-state index in [1.54, 1.807) is 19.1 Å². The van der Waals surface area contributed by atoms with Crippen LogP contribution in [0.25, 0.3) is 0 Å². The minimum absolute atomic E-state index is 0.267. The quantitative estimate of drug-likeness (QED) is 0.811. The van der Waals surface area contributed by atoms with E-state index in [0.29, 0.717) is 17.9 Å². The van der Waals surface area contributed by atoms with Gasteiger partial charge in [0, 0.05) is 6.07 Å². The second-order valence-corrected chi connectivity index (χ2v) is 3.84. The van der Waals surface area contributed by atoms with Crippen molar-refractivity contribution in [2.75, 3.05) is 14.2 Å². The van der Waals surface area contributed by atoms with Gasteiger partial charge in [-0.05, 0) is 18.6 Å². The van der Waals surface area contributed by atoms with Crippen molar-refractivity contribution in [2.24, 2.45) is 0 Å². The van der Waals surface area contributed by atoms with E-state index in [1.807, 2.05) is 0 Å². The van der Waals surface area contributed by atoms with Gasteiger partial charge in [-0.15, -0.1) is 0 Å². The minimum Gasteiger partial charge on any atom is -0.497 e. The zero-order valence-electron chi connectivity index (χ0n) is 11.1. The van der Waals surface area contributed by atoms with Crippen molar-refractivity contribution in [1.82, 2.24) is 5.32 Å². The molecule has 6 heteroatoms. The van der Waals surface area contributed by atoms with Gasteiger partial charge in [-0.1, -0.05) is 6.92 Å². The maximum absolute atomic E-state index is 12.0. The zero-order chi connectivity index (χ0) is 14.4. The lowest BCUT2D eigenvalue weighted by molar-refractivity contribution is -0.139. The van der Waals surface area contributed by atoms with Crippen LogP contribution in [0.2, 0.25) is 0 Å². The highest BCUT2D eigenvalue weighted by Gasteiger charge is 2.20. The summed E-state index contributed by atoms with van der Waals surface area (Å²) in [5, 5.41) is 11.3. The fourth-order valence-electron chi connectivity index (χ4n) is 1.56. The Kier molecular flexibility index (Phi) is 5.17. The first-order valence-corrected chi connectivity index (χ1v) is 5.79. The molecule has 104 valence electrons. The maximum atomic E-state index is 12.0. The van der Waals surface area contributed by atoms with Gasteiger partial charge in [0.1, 0.15) is 17.5 Å². The molecule has 1 aromatic carbocycles. The van der Waals surface area contributed by atoms with E-state index in [-0.39, 0.29) is 5.56 Å². The third kappa shape index (κ3) is 3.61. The van der Waals surface area contributed by atoms with Crippen molar-refractivity contribution in [3.63, 3.8) is 0 Å². The molecule has 0 bridgehead atoms. The Morgan fingerprint density at radius 3 is 2.47 bits per heavy atom. The van der Waals surface area contributed by atoms with Crippen LogP contribution in [0.4, 0.5) is 0 Å². The van der Waals surface area contributed by atoms with Gasteiger partial charge in [0.05, 0.1) is 19.8 Å². The van der Waals surface area contributed by atoms with Gasteiger partial charge in [-0.25, -0.2) is 4.79 Å². The third-order valence-corrected chi connectivity index (χ3v) is 2.66. The van der Waals surface area contributed by atoms with Crippen molar-refractivity contribution in [1.29, 1.82) is 0 Å². The van der Waals surface area contributed by atoms with E-state index in [1.165, 1.54) is 20.3 Å². The number of aliphatic carboxylic acids is 1. The average molecular weight is 267 g/mol. The molecule has 1 atom stereocenters. The van der Waals surface area contributed by atoms with Gasteiger partial charge in [0.25, 0.3) is 5.91 Å². The first-order chi connectivity index (χ1) is 9.03. The lowest BCUT2D eigenvalue weighted by Gasteiger charge is -2.14. The van der Waals surface area contributed by atoms with Gasteiger partial charge in [-0.2, -0.15) is 0 Å². The Bertz CT molecular complexity index is 472. The van der Waals surface area contributed by atoms with E-state index in [4.69, 9.17) is 14.6 Å². The summed E-state index contributed by atoms with van der Waals surface area (Å²) in [6.45, 7) is 1.68. The molecule has 1 rings (SSSR count). The number of hydrogen-bond donors (Lipinski definition) is 2. The number of carbonyl (C=O) groups is 2. The monoisotopic (exact) mass is 267 g/mol. The first kappa shape index (κ1) is 14.8. The number of carboxylic acid groups (broad SMARTS) is 1. The summed E-state index contributed by atoms with van der Waals surface area (Å²) >= 11 is 0. The summed E-state index contributed by atoms with van der Waals surface area (Å²) in [7, 11) is 2.94. The Balaban J connectivity index is 2.96. The number of ether oxygens (including phenoxy) is 2. The zero-order valence-corrected chi connectivity index (χ0v) is 11.1.